The lowest BCUT2D eigenvalue weighted by atomic mass is 10.2. The maximum Gasteiger partial charge on any atom is 0.408 e. The third-order valence-electron chi connectivity index (χ3n) is 3.12. The van der Waals surface area contributed by atoms with Gasteiger partial charge in [0.1, 0.15) is 17.5 Å². The lowest BCUT2D eigenvalue weighted by Gasteiger charge is -2.22. The summed E-state index contributed by atoms with van der Waals surface area (Å²) in [4.78, 5) is 34.6. The summed E-state index contributed by atoms with van der Waals surface area (Å²) >= 11 is 5.65. The molecule has 148 valence electrons. The summed E-state index contributed by atoms with van der Waals surface area (Å²) < 4.78 is 18.7. The van der Waals surface area contributed by atoms with Crippen LogP contribution in [0.15, 0.2) is 24.3 Å². The molecular weight excluding hydrogens is 379 g/mol. The summed E-state index contributed by atoms with van der Waals surface area (Å²) in [7, 11) is 0. The van der Waals surface area contributed by atoms with Gasteiger partial charge in [0.05, 0.1) is 5.02 Å². The molecule has 0 spiro atoms. The van der Waals surface area contributed by atoms with E-state index in [1.807, 2.05) is 0 Å². The quantitative estimate of drug-likeness (QED) is 0.610. The lowest BCUT2D eigenvalue weighted by molar-refractivity contribution is -0.139. The Morgan fingerprint density at radius 1 is 1.33 bits per heavy atom. The number of carboxylic acid groups (broad SMARTS) is 1. The number of aliphatic carboxylic acids is 1. The smallest absolute Gasteiger partial charge is 0.408 e. The minimum absolute atomic E-state index is 0.0199. The van der Waals surface area contributed by atoms with Crippen LogP contribution < -0.4 is 10.6 Å². The molecule has 1 atom stereocenters. The van der Waals surface area contributed by atoms with Crippen molar-refractivity contribution in [3.05, 3.63) is 40.7 Å². The number of carbonyl (C=O) groups is 3. The number of amides is 2. The van der Waals surface area contributed by atoms with Gasteiger partial charge in [-0.2, -0.15) is 0 Å². The first-order valence-electron chi connectivity index (χ1n) is 8.12. The number of hydrogen-bond acceptors (Lipinski definition) is 4. The lowest BCUT2D eigenvalue weighted by Crippen LogP contribution is -2.45. The molecule has 1 aromatic carbocycles. The van der Waals surface area contributed by atoms with Crippen molar-refractivity contribution in [1.29, 1.82) is 0 Å². The van der Waals surface area contributed by atoms with E-state index in [1.54, 1.807) is 26.8 Å². The summed E-state index contributed by atoms with van der Waals surface area (Å²) in [5.74, 6) is -2.45. The van der Waals surface area contributed by atoms with Crippen LogP contribution in [0.25, 0.3) is 6.08 Å². The molecule has 0 aliphatic rings. The highest BCUT2D eigenvalue weighted by Gasteiger charge is 2.23. The van der Waals surface area contributed by atoms with Crippen LogP contribution in [0, 0.1) is 5.82 Å². The Morgan fingerprint density at radius 2 is 2.00 bits per heavy atom. The Balaban J connectivity index is 2.52. The Kier molecular flexibility index (Phi) is 8.24. The van der Waals surface area contributed by atoms with E-state index in [2.05, 4.69) is 10.6 Å². The van der Waals surface area contributed by atoms with Gasteiger partial charge in [0.25, 0.3) is 0 Å². The number of alkyl carbamates (subject to hydrolysis) is 1. The minimum atomic E-state index is -1.26. The van der Waals surface area contributed by atoms with E-state index >= 15 is 0 Å². The van der Waals surface area contributed by atoms with E-state index in [0.717, 1.165) is 6.08 Å². The zero-order chi connectivity index (χ0) is 20.6. The molecule has 0 aliphatic heterocycles. The average molecular weight is 401 g/mol. The topological polar surface area (TPSA) is 105 Å². The predicted octanol–water partition coefficient (Wildman–Crippen LogP) is 2.98. The molecule has 1 aromatic rings. The molecule has 9 heteroatoms. The standard InChI is InChI=1S/C18H22ClFN2O5/c1-18(2,3)27-17(26)22-13(16(24)25)9-10-21-14(23)8-7-11-5-4-6-12(19)15(11)20/h4-8,13H,9-10H2,1-3H3,(H,21,23)(H,22,26)(H,24,25)/b8-7+/t13-/m0/s1. The molecule has 0 unspecified atom stereocenters. The van der Waals surface area contributed by atoms with Crippen LogP contribution in [0.2, 0.25) is 5.02 Å². The van der Waals surface area contributed by atoms with Crippen molar-refractivity contribution < 1.29 is 28.6 Å². The van der Waals surface area contributed by atoms with Gasteiger partial charge in [-0.25, -0.2) is 14.0 Å². The van der Waals surface area contributed by atoms with Crippen molar-refractivity contribution in [1.82, 2.24) is 10.6 Å². The van der Waals surface area contributed by atoms with Gasteiger partial charge in [-0.05, 0) is 39.3 Å². The molecule has 0 heterocycles. The van der Waals surface area contributed by atoms with Gasteiger partial charge in [0.2, 0.25) is 5.91 Å². The highest BCUT2D eigenvalue weighted by molar-refractivity contribution is 6.30. The molecule has 7 nitrogen and oxygen atoms in total. The van der Waals surface area contributed by atoms with Crippen LogP contribution in [0.5, 0.6) is 0 Å². The second kappa shape index (κ2) is 9.91. The molecule has 0 aromatic heterocycles. The van der Waals surface area contributed by atoms with Crippen LogP contribution in [-0.4, -0.2) is 41.3 Å². The van der Waals surface area contributed by atoms with Crippen molar-refractivity contribution in [2.75, 3.05) is 6.54 Å². The molecule has 0 saturated heterocycles. The fourth-order valence-electron chi connectivity index (χ4n) is 1.92. The van der Waals surface area contributed by atoms with E-state index in [-0.39, 0.29) is 23.6 Å². The third kappa shape index (κ3) is 8.54. The number of rotatable bonds is 7. The highest BCUT2D eigenvalue weighted by Crippen LogP contribution is 2.18. The first-order chi connectivity index (χ1) is 12.5. The maximum absolute atomic E-state index is 13.7. The van der Waals surface area contributed by atoms with Gasteiger partial charge < -0.3 is 20.5 Å². The van der Waals surface area contributed by atoms with Crippen molar-refractivity contribution >= 4 is 35.6 Å². The summed E-state index contributed by atoms with van der Waals surface area (Å²) in [5, 5.41) is 13.8. The van der Waals surface area contributed by atoms with Crippen LogP contribution in [0.4, 0.5) is 9.18 Å². The first kappa shape index (κ1) is 22.4. The molecule has 0 bridgehead atoms. The summed E-state index contributed by atoms with van der Waals surface area (Å²) in [6.07, 6.45) is 1.44. The average Bonchev–Trinajstić information content (AvgIpc) is 2.53. The molecule has 0 saturated carbocycles. The molecule has 27 heavy (non-hydrogen) atoms. The fourth-order valence-corrected chi connectivity index (χ4v) is 2.10. The van der Waals surface area contributed by atoms with Gasteiger partial charge in [-0.15, -0.1) is 0 Å². The normalized spacial score (nSPS) is 12.5. The predicted molar refractivity (Wildman–Crippen MR) is 98.9 cm³/mol. The third-order valence-corrected chi connectivity index (χ3v) is 3.41. The monoisotopic (exact) mass is 400 g/mol. The van der Waals surface area contributed by atoms with E-state index in [0.29, 0.717) is 0 Å². The molecule has 0 radical (unpaired) electrons. The van der Waals surface area contributed by atoms with Gasteiger partial charge in [-0.3, -0.25) is 4.79 Å². The van der Waals surface area contributed by atoms with Gasteiger partial charge in [0, 0.05) is 18.2 Å². The SMILES string of the molecule is CC(C)(C)OC(=O)N[C@@H](CCNC(=O)/C=C/c1cccc(Cl)c1F)C(=O)O. The molecule has 3 N–H and O–H groups in total. The maximum atomic E-state index is 13.7. The molecule has 0 aliphatic carbocycles. The Labute approximate surface area is 161 Å². The molecule has 0 fully saturated rings. The molecular formula is C18H22ClFN2O5. The Morgan fingerprint density at radius 3 is 2.59 bits per heavy atom. The summed E-state index contributed by atoms with van der Waals surface area (Å²) in [6.45, 7) is 4.93. The second-order valence-corrected chi connectivity index (χ2v) is 7.00. The minimum Gasteiger partial charge on any atom is -0.480 e. The van der Waals surface area contributed by atoms with E-state index < -0.39 is 35.4 Å². The number of benzene rings is 1. The number of carboxylic acids is 1. The Hall–Kier alpha value is -2.61. The van der Waals surface area contributed by atoms with Crippen LogP contribution in [0.3, 0.4) is 0 Å². The summed E-state index contributed by atoms with van der Waals surface area (Å²) in [6, 6.07) is 3.16. The Bertz CT molecular complexity index is 731. The summed E-state index contributed by atoms with van der Waals surface area (Å²) in [5.41, 5.74) is -0.616. The van der Waals surface area contributed by atoms with Gasteiger partial charge in [-0.1, -0.05) is 23.7 Å². The zero-order valence-electron chi connectivity index (χ0n) is 15.2. The van der Waals surface area contributed by atoms with Gasteiger partial charge in [0.15, 0.2) is 0 Å². The van der Waals surface area contributed by atoms with Crippen LogP contribution in [0.1, 0.15) is 32.8 Å². The van der Waals surface area contributed by atoms with Crippen molar-refractivity contribution in [3.63, 3.8) is 0 Å². The van der Waals surface area contributed by atoms with Crippen LogP contribution in [-0.2, 0) is 14.3 Å². The second-order valence-electron chi connectivity index (χ2n) is 6.59. The largest absolute Gasteiger partial charge is 0.480 e. The van der Waals surface area contributed by atoms with E-state index in [1.165, 1.54) is 18.2 Å². The van der Waals surface area contributed by atoms with E-state index in [9.17, 15) is 18.8 Å². The van der Waals surface area contributed by atoms with Crippen molar-refractivity contribution in [2.45, 2.75) is 38.8 Å². The van der Waals surface area contributed by atoms with Crippen molar-refractivity contribution in [2.24, 2.45) is 0 Å². The zero-order valence-corrected chi connectivity index (χ0v) is 16.0. The number of nitrogens with one attached hydrogen (secondary N) is 2. The molecule has 1 rings (SSSR count). The highest BCUT2D eigenvalue weighted by atomic mass is 35.5. The first-order valence-corrected chi connectivity index (χ1v) is 8.49. The number of ether oxygens (including phenoxy) is 1. The van der Waals surface area contributed by atoms with Gasteiger partial charge >= 0.3 is 12.1 Å². The van der Waals surface area contributed by atoms with E-state index in [4.69, 9.17) is 21.4 Å². The number of carbonyl (C=O) groups excluding carboxylic acids is 2. The fraction of sp³-hybridized carbons (Fsp3) is 0.389. The van der Waals surface area contributed by atoms with Crippen molar-refractivity contribution in [3.8, 4) is 0 Å². The van der Waals surface area contributed by atoms with Crippen LogP contribution >= 0.6 is 11.6 Å². The number of hydrogen-bond donors (Lipinski definition) is 3. The number of halogens is 2. The molecule has 2 amide bonds.